The van der Waals surface area contributed by atoms with E-state index in [1.165, 1.54) is 17.3 Å². The van der Waals surface area contributed by atoms with Crippen molar-refractivity contribution in [2.75, 3.05) is 0 Å². The Labute approximate surface area is 81.7 Å². The number of unbranched alkanes of at least 4 members (excludes halogenated alkanes) is 1. The zero-order valence-electron chi connectivity index (χ0n) is 5.98. The Kier molecular flexibility index (Phi) is 8.40. The van der Waals surface area contributed by atoms with Gasteiger partial charge >= 0.3 is 82.4 Å². The second kappa shape index (κ2) is 7.37. The van der Waals surface area contributed by atoms with Crippen molar-refractivity contribution in [3.8, 4) is 0 Å². The third-order valence-corrected chi connectivity index (χ3v) is 6.54. The quantitative estimate of drug-likeness (QED) is 0.414. The molecule has 0 aliphatic heterocycles. The first-order valence-electron chi connectivity index (χ1n) is 3.25. The average Bonchev–Trinajstić information content (AvgIpc) is 1.89. The molecule has 0 spiro atoms. The van der Waals surface area contributed by atoms with Crippen molar-refractivity contribution in [3.63, 3.8) is 0 Å². The molecule has 0 aromatic heterocycles. The van der Waals surface area contributed by atoms with Crippen LogP contribution >= 0.6 is 22.6 Å². The zero-order valence-corrected chi connectivity index (χ0v) is 10.5. The summed E-state index contributed by atoms with van der Waals surface area (Å²) in [6, 6.07) is 0. The van der Waals surface area contributed by atoms with Gasteiger partial charge in [0.25, 0.3) is 0 Å². The van der Waals surface area contributed by atoms with Crippen molar-refractivity contribution in [1.82, 2.24) is 0 Å². The Morgan fingerprint density at radius 1 is 1.67 bits per heavy atom. The molecule has 0 saturated carbocycles. The predicted octanol–water partition coefficient (Wildman–Crippen LogP) is 3.21. The fourth-order valence-corrected chi connectivity index (χ4v) is 4.14. The van der Waals surface area contributed by atoms with Gasteiger partial charge in [0.15, 0.2) is 0 Å². The van der Waals surface area contributed by atoms with Crippen molar-refractivity contribution in [2.45, 2.75) is 31.2 Å². The molecule has 0 fully saturated rings. The Hall–Kier alpha value is 1.26. The summed E-state index contributed by atoms with van der Waals surface area (Å²) < 4.78 is 3.12. The SMILES string of the molecule is C/C=C(/I)[Te]CCCC. The first-order chi connectivity index (χ1) is 4.31. The topological polar surface area (TPSA) is 0 Å². The van der Waals surface area contributed by atoms with E-state index >= 15 is 0 Å². The van der Waals surface area contributed by atoms with Crippen LogP contribution in [-0.4, -0.2) is 20.9 Å². The van der Waals surface area contributed by atoms with Crippen molar-refractivity contribution in [2.24, 2.45) is 0 Å². The van der Waals surface area contributed by atoms with E-state index in [2.05, 4.69) is 42.5 Å². The van der Waals surface area contributed by atoms with E-state index in [4.69, 9.17) is 0 Å². The van der Waals surface area contributed by atoms with E-state index < -0.39 is 0 Å². The van der Waals surface area contributed by atoms with Crippen LogP contribution in [0.1, 0.15) is 26.7 Å². The molecule has 0 amide bonds. The van der Waals surface area contributed by atoms with Crippen molar-refractivity contribution in [3.05, 3.63) is 7.70 Å². The molecular formula is C7H13ITe. The number of halogens is 1. The van der Waals surface area contributed by atoms with Gasteiger partial charge < -0.3 is 0 Å². The van der Waals surface area contributed by atoms with Crippen LogP contribution in [0.25, 0.3) is 0 Å². The molecule has 0 rings (SSSR count). The molecule has 2 heteroatoms. The molecule has 0 heterocycles. The minimum atomic E-state index is 0.244. The molecular weight excluding hydrogens is 339 g/mol. The van der Waals surface area contributed by atoms with E-state index in [-0.39, 0.29) is 20.9 Å². The Morgan fingerprint density at radius 2 is 2.33 bits per heavy atom. The maximum atomic E-state index is 2.46. The van der Waals surface area contributed by atoms with Crippen LogP contribution < -0.4 is 0 Å². The normalized spacial score (nSPS) is 12.1. The molecule has 0 aliphatic carbocycles. The van der Waals surface area contributed by atoms with Crippen LogP contribution in [-0.2, 0) is 0 Å². The molecule has 0 aromatic rings. The molecule has 0 unspecified atom stereocenters. The Bertz CT molecular complexity index is 88.9. The van der Waals surface area contributed by atoms with Crippen molar-refractivity contribution < 1.29 is 0 Å². The molecule has 0 bridgehead atoms. The first-order valence-corrected chi connectivity index (χ1v) is 7.15. The fraction of sp³-hybridized carbons (Fsp3) is 0.714. The van der Waals surface area contributed by atoms with Gasteiger partial charge in [-0.2, -0.15) is 0 Å². The van der Waals surface area contributed by atoms with Crippen LogP contribution in [0.4, 0.5) is 0 Å². The van der Waals surface area contributed by atoms with E-state index in [0.29, 0.717) is 0 Å². The average molecular weight is 352 g/mol. The molecule has 0 aliphatic rings. The van der Waals surface area contributed by atoms with Gasteiger partial charge in [0, 0.05) is 0 Å². The van der Waals surface area contributed by atoms with E-state index in [1.807, 2.05) is 0 Å². The monoisotopic (exact) mass is 354 g/mol. The molecule has 9 heavy (non-hydrogen) atoms. The second-order valence-corrected chi connectivity index (χ2v) is 8.47. The number of allylic oxidation sites excluding steroid dienone is 1. The van der Waals surface area contributed by atoms with E-state index in [0.717, 1.165) is 0 Å². The summed E-state index contributed by atoms with van der Waals surface area (Å²) in [4.78, 5) is 0. The third kappa shape index (κ3) is 7.15. The summed E-state index contributed by atoms with van der Waals surface area (Å²) in [5, 5.41) is 0. The van der Waals surface area contributed by atoms with Crippen LogP contribution in [0.15, 0.2) is 7.70 Å². The summed E-state index contributed by atoms with van der Waals surface area (Å²) >= 11 is 2.71. The summed E-state index contributed by atoms with van der Waals surface area (Å²) in [6.45, 7) is 4.40. The van der Waals surface area contributed by atoms with Gasteiger partial charge in [0.1, 0.15) is 0 Å². The van der Waals surface area contributed by atoms with Crippen molar-refractivity contribution >= 4 is 43.5 Å². The number of hydrogen-bond donors (Lipinski definition) is 0. The van der Waals surface area contributed by atoms with Crippen LogP contribution in [0.5, 0.6) is 0 Å². The molecule has 0 radical (unpaired) electrons. The van der Waals surface area contributed by atoms with Gasteiger partial charge in [0.05, 0.1) is 0 Å². The van der Waals surface area contributed by atoms with E-state index in [1.54, 1.807) is 1.63 Å². The molecule has 0 saturated heterocycles. The summed E-state index contributed by atoms with van der Waals surface area (Å²) in [6.07, 6.45) is 5.04. The van der Waals surface area contributed by atoms with Gasteiger partial charge in [0.2, 0.25) is 0 Å². The van der Waals surface area contributed by atoms with Gasteiger partial charge in [-0.15, -0.1) is 0 Å². The second-order valence-electron chi connectivity index (χ2n) is 1.79. The van der Waals surface area contributed by atoms with Crippen molar-refractivity contribution in [1.29, 1.82) is 0 Å². The van der Waals surface area contributed by atoms with E-state index in [9.17, 15) is 0 Å². The van der Waals surface area contributed by atoms with Crippen LogP contribution in [0.3, 0.4) is 0 Å². The minimum absolute atomic E-state index is 0.244. The van der Waals surface area contributed by atoms with Crippen LogP contribution in [0, 0.1) is 0 Å². The standard InChI is InChI=1S/C7H13ITe/c1-3-5-6-9-7(8)4-2/h4H,3,5-6H2,1-2H3/b7-4-. The molecule has 0 aromatic carbocycles. The number of hydrogen-bond acceptors (Lipinski definition) is 0. The van der Waals surface area contributed by atoms with Gasteiger partial charge in [-0.05, 0) is 0 Å². The third-order valence-electron chi connectivity index (χ3n) is 0.965. The van der Waals surface area contributed by atoms with Gasteiger partial charge in [-0.25, -0.2) is 0 Å². The van der Waals surface area contributed by atoms with Gasteiger partial charge in [-0.3, -0.25) is 0 Å². The summed E-state index contributed by atoms with van der Waals surface area (Å²) in [5.74, 6) is 0. The first kappa shape index (κ1) is 10.3. The van der Waals surface area contributed by atoms with Crippen LogP contribution in [0.2, 0.25) is 4.47 Å². The Morgan fingerprint density at radius 3 is 2.78 bits per heavy atom. The molecule has 0 N–H and O–H groups in total. The molecule has 54 valence electrons. The predicted molar refractivity (Wildman–Crippen MR) is 53.2 cm³/mol. The molecule has 0 atom stereocenters. The zero-order chi connectivity index (χ0) is 7.11. The fourth-order valence-electron chi connectivity index (χ4n) is 0.397. The summed E-state index contributed by atoms with van der Waals surface area (Å²) in [5.41, 5.74) is 0. The summed E-state index contributed by atoms with van der Waals surface area (Å²) in [7, 11) is 0. The number of rotatable bonds is 4. The Balaban J connectivity index is 3.07. The maximum absolute atomic E-state index is 2.46. The van der Waals surface area contributed by atoms with Gasteiger partial charge in [-0.1, -0.05) is 0 Å². The molecule has 0 nitrogen and oxygen atoms in total.